The van der Waals surface area contributed by atoms with Crippen molar-refractivity contribution in [3.8, 4) is 0 Å². The fourth-order valence-electron chi connectivity index (χ4n) is 7.51. The summed E-state index contributed by atoms with van der Waals surface area (Å²) in [4.78, 5) is 27.9. The Morgan fingerprint density at radius 2 is 1.08 bits per heavy atom. The number of benzene rings is 1. The molecule has 0 amide bonds. The molecule has 6 rings (SSSR count). The first-order chi connectivity index (χ1) is 16.7. The van der Waals surface area contributed by atoms with E-state index in [0.29, 0.717) is 22.3 Å². The Hall–Kier alpha value is -3.14. The van der Waals surface area contributed by atoms with E-state index in [-0.39, 0.29) is 11.8 Å². The molecule has 0 bridgehead atoms. The van der Waals surface area contributed by atoms with E-state index >= 15 is 0 Å². The van der Waals surface area contributed by atoms with Crippen molar-refractivity contribution in [2.45, 2.75) is 77.0 Å². The monoisotopic (exact) mass is 482 g/mol. The third kappa shape index (κ3) is 2.60. The quantitative estimate of drug-likeness (QED) is 0.360. The van der Waals surface area contributed by atoms with E-state index in [1.54, 1.807) is 0 Å². The van der Waals surface area contributed by atoms with Gasteiger partial charge in [-0.1, -0.05) is 90.1 Å². The first kappa shape index (κ1) is 23.3. The van der Waals surface area contributed by atoms with Gasteiger partial charge in [-0.25, -0.2) is 9.59 Å². The Labute approximate surface area is 211 Å². The van der Waals surface area contributed by atoms with Gasteiger partial charge in [-0.05, 0) is 36.8 Å². The lowest BCUT2D eigenvalue weighted by Gasteiger charge is -2.51. The van der Waals surface area contributed by atoms with E-state index in [4.69, 9.17) is 8.83 Å². The predicted molar refractivity (Wildman–Crippen MR) is 143 cm³/mol. The highest BCUT2D eigenvalue weighted by Crippen LogP contribution is 2.57. The minimum Gasteiger partial charge on any atom is -0.426 e. The van der Waals surface area contributed by atoms with Crippen molar-refractivity contribution in [2.75, 3.05) is 0 Å². The molecule has 4 nitrogen and oxygen atoms in total. The molecule has 1 aromatic carbocycles. The van der Waals surface area contributed by atoms with Gasteiger partial charge in [0.1, 0.15) is 11.5 Å². The average molecular weight is 483 g/mol. The highest BCUT2D eigenvalue weighted by molar-refractivity contribution is 5.91. The van der Waals surface area contributed by atoms with Gasteiger partial charge < -0.3 is 8.83 Å². The third-order valence-corrected chi connectivity index (χ3v) is 9.50. The summed E-state index contributed by atoms with van der Waals surface area (Å²) in [6, 6.07) is 8.25. The van der Waals surface area contributed by atoms with E-state index in [1.165, 1.54) is 0 Å². The van der Waals surface area contributed by atoms with Gasteiger partial charge in [0.15, 0.2) is 0 Å². The number of hydrogen-bond donors (Lipinski definition) is 0. The zero-order valence-electron chi connectivity index (χ0n) is 22.4. The number of fused-ring (bicyclic) bond motifs is 7. The maximum atomic E-state index is 14.0. The molecular formula is C32H34O4. The molecule has 0 fully saturated rings. The minimum atomic E-state index is -0.575. The van der Waals surface area contributed by atoms with Crippen molar-refractivity contribution in [3.05, 3.63) is 103 Å². The highest BCUT2D eigenvalue weighted by atomic mass is 16.4. The molecule has 3 aliphatic carbocycles. The number of rotatable bonds is 0. The summed E-state index contributed by atoms with van der Waals surface area (Å²) < 4.78 is 12.6. The molecule has 3 aliphatic rings. The SMILES string of the molecule is CC1(C)c2ccccc2C(C)(C)c2c1oc(=O)c1c3c(oc(=O)c21)C(C)(C)[C@H]1C=CC=C[C@H]1C3(C)C. The van der Waals surface area contributed by atoms with Gasteiger partial charge in [-0.15, -0.1) is 0 Å². The van der Waals surface area contributed by atoms with Crippen molar-refractivity contribution in [1.82, 2.24) is 0 Å². The molecule has 0 saturated heterocycles. The smallest absolute Gasteiger partial charge is 0.344 e. The zero-order chi connectivity index (χ0) is 26.0. The van der Waals surface area contributed by atoms with Crippen LogP contribution < -0.4 is 11.3 Å². The van der Waals surface area contributed by atoms with Crippen LogP contribution in [0.25, 0.3) is 10.8 Å². The van der Waals surface area contributed by atoms with Gasteiger partial charge in [-0.2, -0.15) is 0 Å². The Bertz CT molecular complexity index is 1630. The largest absolute Gasteiger partial charge is 0.426 e. The third-order valence-electron chi connectivity index (χ3n) is 9.50. The van der Waals surface area contributed by atoms with E-state index in [2.05, 4.69) is 91.8 Å². The second-order valence-electron chi connectivity index (χ2n) is 13.0. The summed E-state index contributed by atoms with van der Waals surface area (Å²) in [6.07, 6.45) is 8.58. The van der Waals surface area contributed by atoms with Crippen LogP contribution in [-0.2, 0) is 21.7 Å². The molecule has 2 aromatic heterocycles. The Morgan fingerprint density at radius 3 is 1.67 bits per heavy atom. The summed E-state index contributed by atoms with van der Waals surface area (Å²) in [5.74, 6) is 1.47. The van der Waals surface area contributed by atoms with Crippen molar-refractivity contribution in [1.29, 1.82) is 0 Å². The fourth-order valence-corrected chi connectivity index (χ4v) is 7.51. The van der Waals surface area contributed by atoms with Gasteiger partial charge in [0.2, 0.25) is 0 Å². The van der Waals surface area contributed by atoms with Crippen LogP contribution in [0.4, 0.5) is 0 Å². The van der Waals surface area contributed by atoms with Crippen molar-refractivity contribution >= 4 is 10.8 Å². The van der Waals surface area contributed by atoms with Crippen LogP contribution >= 0.6 is 0 Å². The minimum absolute atomic E-state index is 0.150. The molecule has 0 radical (unpaired) electrons. The second-order valence-corrected chi connectivity index (χ2v) is 13.0. The fraction of sp³-hybridized carbons (Fsp3) is 0.438. The molecule has 36 heavy (non-hydrogen) atoms. The van der Waals surface area contributed by atoms with Crippen LogP contribution in [0.2, 0.25) is 0 Å². The summed E-state index contributed by atoms with van der Waals surface area (Å²) >= 11 is 0. The number of hydrogen-bond acceptors (Lipinski definition) is 4. The molecule has 0 unspecified atom stereocenters. The molecule has 2 atom stereocenters. The lowest BCUT2D eigenvalue weighted by Crippen LogP contribution is -2.49. The van der Waals surface area contributed by atoms with E-state index < -0.39 is 32.9 Å². The Kier molecular flexibility index (Phi) is 4.39. The first-order valence-corrected chi connectivity index (χ1v) is 12.9. The molecule has 0 spiro atoms. The molecule has 3 aromatic rings. The van der Waals surface area contributed by atoms with Crippen LogP contribution in [-0.4, -0.2) is 0 Å². The normalized spacial score (nSPS) is 25.6. The summed E-state index contributed by atoms with van der Waals surface area (Å²) in [5.41, 5.74) is 0.889. The zero-order valence-corrected chi connectivity index (χ0v) is 22.4. The number of allylic oxidation sites excluding steroid dienone is 4. The van der Waals surface area contributed by atoms with Crippen LogP contribution in [0.15, 0.2) is 67.0 Å². The van der Waals surface area contributed by atoms with Gasteiger partial charge in [0.05, 0.1) is 10.8 Å². The second kappa shape index (κ2) is 6.79. The summed E-state index contributed by atoms with van der Waals surface area (Å²) in [6.45, 7) is 16.9. The maximum absolute atomic E-state index is 14.0. The van der Waals surface area contributed by atoms with E-state index in [0.717, 1.165) is 22.3 Å². The lowest BCUT2D eigenvalue weighted by atomic mass is 9.52. The van der Waals surface area contributed by atoms with Crippen LogP contribution in [0.3, 0.4) is 0 Å². The van der Waals surface area contributed by atoms with Crippen LogP contribution in [0, 0.1) is 11.8 Å². The molecule has 2 heterocycles. The Balaban J connectivity index is 1.82. The molecular weight excluding hydrogens is 448 g/mol. The predicted octanol–water partition coefficient (Wildman–Crippen LogP) is 6.64. The summed E-state index contributed by atoms with van der Waals surface area (Å²) in [7, 11) is 0. The molecule has 0 aliphatic heterocycles. The Morgan fingerprint density at radius 1 is 0.611 bits per heavy atom. The van der Waals surface area contributed by atoms with Gasteiger partial charge in [0, 0.05) is 32.8 Å². The summed E-state index contributed by atoms with van der Waals surface area (Å²) in [5, 5.41) is 0.771. The van der Waals surface area contributed by atoms with Crippen molar-refractivity contribution in [3.63, 3.8) is 0 Å². The molecule has 4 heteroatoms. The van der Waals surface area contributed by atoms with E-state index in [9.17, 15) is 9.59 Å². The highest BCUT2D eigenvalue weighted by Gasteiger charge is 2.54. The first-order valence-electron chi connectivity index (χ1n) is 12.9. The van der Waals surface area contributed by atoms with E-state index in [1.807, 2.05) is 12.1 Å². The van der Waals surface area contributed by atoms with Gasteiger partial charge >= 0.3 is 11.3 Å². The average Bonchev–Trinajstić information content (AvgIpc) is 2.82. The van der Waals surface area contributed by atoms with Crippen LogP contribution in [0.1, 0.15) is 89.2 Å². The van der Waals surface area contributed by atoms with Crippen molar-refractivity contribution in [2.24, 2.45) is 11.8 Å². The molecule has 0 saturated carbocycles. The standard InChI is InChI=1S/C32H34O4/c1-29(2)17-13-9-11-15-19(17)31(5,6)25-23(29)21-22(28(34)35-25)24-26(36-27(21)33)32(7,8)20-16-12-10-14-18(20)30(24,3)4/h9-17,19H,1-8H3/t17-,19+/m1/s1. The van der Waals surface area contributed by atoms with Gasteiger partial charge in [-0.3, -0.25) is 0 Å². The topological polar surface area (TPSA) is 60.4 Å². The van der Waals surface area contributed by atoms with Crippen molar-refractivity contribution < 1.29 is 8.83 Å². The van der Waals surface area contributed by atoms with Gasteiger partial charge in [0.25, 0.3) is 0 Å². The molecule has 186 valence electrons. The van der Waals surface area contributed by atoms with Crippen LogP contribution in [0.5, 0.6) is 0 Å². The maximum Gasteiger partial charge on any atom is 0.344 e. The molecule has 0 N–H and O–H groups in total. The lowest BCUT2D eigenvalue weighted by molar-refractivity contribution is 0.155.